The zero-order chi connectivity index (χ0) is 10.0. The van der Waals surface area contributed by atoms with E-state index in [1.165, 1.54) is 0 Å². The van der Waals surface area contributed by atoms with Gasteiger partial charge in [-0.1, -0.05) is 0 Å². The Balaban J connectivity index is 3.37. The van der Waals surface area contributed by atoms with Gasteiger partial charge in [-0.15, -0.1) is 0 Å². The Labute approximate surface area is 85.6 Å². The maximum absolute atomic E-state index is 9.63. The summed E-state index contributed by atoms with van der Waals surface area (Å²) in [5.74, 6) is 0.805. The van der Waals surface area contributed by atoms with Crippen molar-refractivity contribution in [2.75, 3.05) is 7.11 Å². The Morgan fingerprint density at radius 2 is 2.23 bits per heavy atom. The van der Waals surface area contributed by atoms with Gasteiger partial charge in [-0.3, -0.25) is 0 Å². The third-order valence-electron chi connectivity index (χ3n) is 1.88. The molecule has 0 aliphatic heterocycles. The molecule has 13 heavy (non-hydrogen) atoms. The van der Waals surface area contributed by atoms with E-state index in [2.05, 4.69) is 15.9 Å². The fourth-order valence-corrected chi connectivity index (χ4v) is 1.95. The molecule has 4 heteroatoms. The van der Waals surface area contributed by atoms with E-state index in [0.29, 0.717) is 22.3 Å². The monoisotopic (exact) mass is 245 g/mol. The fraction of sp³-hybridized carbons (Fsp3) is 0.333. The molecular formula is C9H12BrNO2. The van der Waals surface area contributed by atoms with E-state index in [9.17, 15) is 5.11 Å². The number of nitrogens with two attached hydrogens (primary N) is 1. The van der Waals surface area contributed by atoms with Gasteiger partial charge < -0.3 is 15.6 Å². The van der Waals surface area contributed by atoms with Gasteiger partial charge in [0.05, 0.1) is 7.11 Å². The van der Waals surface area contributed by atoms with Gasteiger partial charge in [0, 0.05) is 12.1 Å². The van der Waals surface area contributed by atoms with Crippen LogP contribution in [0.3, 0.4) is 0 Å². The third kappa shape index (κ3) is 1.78. The summed E-state index contributed by atoms with van der Waals surface area (Å²) in [6, 6.07) is 1.82. The molecule has 0 heterocycles. The van der Waals surface area contributed by atoms with Gasteiger partial charge in [0.15, 0.2) is 0 Å². The summed E-state index contributed by atoms with van der Waals surface area (Å²) in [6.07, 6.45) is 0. The molecular weight excluding hydrogens is 234 g/mol. The highest BCUT2D eigenvalue weighted by Gasteiger charge is 2.12. The van der Waals surface area contributed by atoms with E-state index in [1.54, 1.807) is 7.11 Å². The number of hydrogen-bond donors (Lipinski definition) is 2. The zero-order valence-corrected chi connectivity index (χ0v) is 9.18. The molecule has 0 fully saturated rings. The predicted molar refractivity (Wildman–Crippen MR) is 55.0 cm³/mol. The average molecular weight is 246 g/mol. The van der Waals surface area contributed by atoms with Gasteiger partial charge in [-0.05, 0) is 34.5 Å². The number of phenolic OH excluding ortho intramolecular Hbond substituents is 1. The molecule has 3 N–H and O–H groups in total. The Hall–Kier alpha value is -0.740. The van der Waals surface area contributed by atoms with Crippen molar-refractivity contribution in [3.63, 3.8) is 0 Å². The van der Waals surface area contributed by atoms with Crippen LogP contribution in [0.15, 0.2) is 10.5 Å². The SMILES string of the molecule is COc1c(C)cc(CN)c(O)c1Br. The molecule has 3 nitrogen and oxygen atoms in total. The number of benzene rings is 1. The van der Waals surface area contributed by atoms with E-state index >= 15 is 0 Å². The minimum atomic E-state index is 0.157. The van der Waals surface area contributed by atoms with Crippen LogP contribution in [0.2, 0.25) is 0 Å². The van der Waals surface area contributed by atoms with E-state index in [4.69, 9.17) is 10.5 Å². The van der Waals surface area contributed by atoms with Crippen LogP contribution in [0.4, 0.5) is 0 Å². The van der Waals surface area contributed by atoms with Crippen LogP contribution in [-0.2, 0) is 6.54 Å². The molecule has 0 saturated carbocycles. The van der Waals surface area contributed by atoms with E-state index in [1.807, 2.05) is 13.0 Å². The normalized spacial score (nSPS) is 10.2. The second-order valence-corrected chi connectivity index (χ2v) is 3.55. The largest absolute Gasteiger partial charge is 0.506 e. The maximum atomic E-state index is 9.63. The summed E-state index contributed by atoms with van der Waals surface area (Å²) in [5, 5.41) is 9.63. The average Bonchev–Trinajstić information content (AvgIpc) is 2.12. The molecule has 1 aromatic carbocycles. The number of rotatable bonds is 2. The van der Waals surface area contributed by atoms with Crippen molar-refractivity contribution < 1.29 is 9.84 Å². The van der Waals surface area contributed by atoms with Crippen molar-refractivity contribution in [3.05, 3.63) is 21.7 Å². The Bertz CT molecular complexity index is 326. The third-order valence-corrected chi connectivity index (χ3v) is 2.62. The summed E-state index contributed by atoms with van der Waals surface area (Å²) in [7, 11) is 1.56. The van der Waals surface area contributed by atoms with E-state index in [0.717, 1.165) is 5.56 Å². The first-order valence-corrected chi connectivity index (χ1v) is 4.66. The molecule has 0 aliphatic carbocycles. The molecule has 0 spiro atoms. The molecule has 0 bridgehead atoms. The number of ether oxygens (including phenoxy) is 1. The van der Waals surface area contributed by atoms with E-state index < -0.39 is 0 Å². The second kappa shape index (κ2) is 3.98. The molecule has 72 valence electrons. The molecule has 1 aromatic rings. The molecule has 0 atom stereocenters. The van der Waals surface area contributed by atoms with Crippen LogP contribution < -0.4 is 10.5 Å². The van der Waals surface area contributed by atoms with Crippen molar-refractivity contribution in [2.24, 2.45) is 5.73 Å². The summed E-state index contributed by atoms with van der Waals surface area (Å²) in [5.41, 5.74) is 7.12. The molecule has 0 amide bonds. The van der Waals surface area contributed by atoms with Crippen molar-refractivity contribution >= 4 is 15.9 Å². The lowest BCUT2D eigenvalue weighted by Crippen LogP contribution is -1.99. The van der Waals surface area contributed by atoms with Crippen LogP contribution in [0, 0.1) is 6.92 Å². The highest BCUT2D eigenvalue weighted by Crippen LogP contribution is 2.38. The molecule has 0 radical (unpaired) electrons. The van der Waals surface area contributed by atoms with Gasteiger partial charge in [0.25, 0.3) is 0 Å². The predicted octanol–water partition coefficient (Wildman–Crippen LogP) is 1.93. The first-order valence-electron chi connectivity index (χ1n) is 3.86. The van der Waals surface area contributed by atoms with Gasteiger partial charge in [-0.2, -0.15) is 0 Å². The number of aromatic hydroxyl groups is 1. The summed E-state index contributed by atoms with van der Waals surface area (Å²) in [6.45, 7) is 2.22. The van der Waals surface area contributed by atoms with Gasteiger partial charge >= 0.3 is 0 Å². The van der Waals surface area contributed by atoms with Gasteiger partial charge in [0.1, 0.15) is 16.0 Å². The first-order chi connectivity index (χ1) is 6.11. The number of methoxy groups -OCH3 is 1. The van der Waals surface area contributed by atoms with Crippen LogP contribution in [0.5, 0.6) is 11.5 Å². The van der Waals surface area contributed by atoms with Gasteiger partial charge in [0.2, 0.25) is 0 Å². The molecule has 0 saturated heterocycles. The highest BCUT2D eigenvalue weighted by molar-refractivity contribution is 9.10. The standard InChI is InChI=1S/C9H12BrNO2/c1-5-3-6(4-11)8(12)7(10)9(5)13-2/h3,12H,4,11H2,1-2H3. The zero-order valence-electron chi connectivity index (χ0n) is 7.60. The number of halogens is 1. The van der Waals surface area contributed by atoms with Crippen molar-refractivity contribution in [2.45, 2.75) is 13.5 Å². The van der Waals surface area contributed by atoms with Crippen LogP contribution >= 0.6 is 15.9 Å². The summed E-state index contributed by atoms with van der Waals surface area (Å²) >= 11 is 3.25. The lowest BCUT2D eigenvalue weighted by atomic mass is 10.1. The van der Waals surface area contributed by atoms with Crippen LogP contribution in [0.25, 0.3) is 0 Å². The lowest BCUT2D eigenvalue weighted by Gasteiger charge is -2.11. The Morgan fingerprint density at radius 1 is 1.62 bits per heavy atom. The summed E-state index contributed by atoms with van der Waals surface area (Å²) < 4.78 is 5.67. The Morgan fingerprint density at radius 3 is 2.69 bits per heavy atom. The smallest absolute Gasteiger partial charge is 0.139 e. The molecule has 0 unspecified atom stereocenters. The van der Waals surface area contributed by atoms with Crippen LogP contribution in [0.1, 0.15) is 11.1 Å². The quantitative estimate of drug-likeness (QED) is 0.838. The Kier molecular flexibility index (Phi) is 3.17. The molecule has 1 rings (SSSR count). The molecule has 0 aromatic heterocycles. The van der Waals surface area contributed by atoms with Crippen molar-refractivity contribution in [3.8, 4) is 11.5 Å². The van der Waals surface area contributed by atoms with Gasteiger partial charge in [-0.25, -0.2) is 0 Å². The highest BCUT2D eigenvalue weighted by atomic mass is 79.9. The fourth-order valence-electron chi connectivity index (χ4n) is 1.22. The number of aryl methyl sites for hydroxylation is 1. The molecule has 0 aliphatic rings. The number of phenols is 1. The minimum absolute atomic E-state index is 0.157. The van der Waals surface area contributed by atoms with Crippen molar-refractivity contribution in [1.82, 2.24) is 0 Å². The lowest BCUT2D eigenvalue weighted by molar-refractivity contribution is 0.399. The maximum Gasteiger partial charge on any atom is 0.139 e. The number of hydrogen-bond acceptors (Lipinski definition) is 3. The van der Waals surface area contributed by atoms with E-state index in [-0.39, 0.29) is 5.75 Å². The van der Waals surface area contributed by atoms with Crippen LogP contribution in [-0.4, -0.2) is 12.2 Å². The topological polar surface area (TPSA) is 55.5 Å². The first kappa shape index (κ1) is 10.3. The summed E-state index contributed by atoms with van der Waals surface area (Å²) in [4.78, 5) is 0. The minimum Gasteiger partial charge on any atom is -0.506 e. The second-order valence-electron chi connectivity index (χ2n) is 2.75. The van der Waals surface area contributed by atoms with Crippen molar-refractivity contribution in [1.29, 1.82) is 0 Å².